The second-order valence-corrected chi connectivity index (χ2v) is 10.2. The van der Waals surface area contributed by atoms with Crippen LogP contribution in [-0.4, -0.2) is 62.4 Å². The molecule has 2 aliphatic rings. The number of carbonyl (C=O) groups excluding carboxylic acids is 1. The zero-order valence-corrected chi connectivity index (χ0v) is 22.3. The molecule has 1 unspecified atom stereocenters. The Bertz CT molecular complexity index is 1350. The Morgan fingerprint density at radius 2 is 1.95 bits per heavy atom. The number of aliphatic carboxylic acids is 1. The molecule has 5 heterocycles. The Balaban J connectivity index is 0.000000448. The average Bonchev–Trinajstić information content (AvgIpc) is 3.61. The van der Waals surface area contributed by atoms with Crippen LogP contribution in [0.5, 0.6) is 0 Å². The van der Waals surface area contributed by atoms with Gasteiger partial charge in [0, 0.05) is 38.4 Å². The molecule has 0 saturated carbocycles. The molecule has 1 saturated heterocycles. The highest BCUT2D eigenvalue weighted by atomic mass is 19.4. The zero-order valence-electron chi connectivity index (χ0n) is 22.3. The van der Waals surface area contributed by atoms with Crippen LogP contribution in [0, 0.1) is 12.8 Å². The van der Waals surface area contributed by atoms with Gasteiger partial charge in [-0.3, -0.25) is 4.79 Å². The zero-order chi connectivity index (χ0) is 28.5. The maximum atomic E-state index is 13.7. The van der Waals surface area contributed by atoms with Gasteiger partial charge in [0.2, 0.25) is 0 Å². The summed E-state index contributed by atoms with van der Waals surface area (Å²) in [6.45, 7) is 10.7. The van der Waals surface area contributed by atoms with Crippen molar-refractivity contribution in [3.8, 4) is 5.82 Å². The highest BCUT2D eigenvalue weighted by molar-refractivity contribution is 5.96. The van der Waals surface area contributed by atoms with E-state index in [-0.39, 0.29) is 11.4 Å². The topological polar surface area (TPSA) is 105 Å². The van der Waals surface area contributed by atoms with E-state index in [1.165, 1.54) is 5.69 Å². The SMILES string of the molecule is CCCc1onc(C)c1C(=O)N1CCC2(C1)c1cccn1-c1ncccc1N2CC(C)C.O=C(O)C(F)(F)F. The van der Waals surface area contributed by atoms with Gasteiger partial charge in [-0.15, -0.1) is 0 Å². The third-order valence-electron chi connectivity index (χ3n) is 6.98. The lowest BCUT2D eigenvalue weighted by Gasteiger charge is -2.47. The lowest BCUT2D eigenvalue weighted by atomic mass is 9.88. The first kappa shape index (κ1) is 28.2. The maximum Gasteiger partial charge on any atom is 0.490 e. The smallest absolute Gasteiger partial charge is 0.475 e. The Morgan fingerprint density at radius 1 is 1.23 bits per heavy atom. The molecule has 0 aliphatic carbocycles. The predicted molar refractivity (Wildman–Crippen MR) is 137 cm³/mol. The van der Waals surface area contributed by atoms with Crippen LogP contribution < -0.4 is 4.90 Å². The predicted octanol–water partition coefficient (Wildman–Crippen LogP) is 4.97. The number of nitrogens with zero attached hydrogens (tertiary/aromatic N) is 5. The van der Waals surface area contributed by atoms with Crippen molar-refractivity contribution in [1.29, 1.82) is 0 Å². The molecule has 9 nitrogen and oxygen atoms in total. The summed E-state index contributed by atoms with van der Waals surface area (Å²) in [5.41, 5.74) is 3.38. The van der Waals surface area contributed by atoms with Gasteiger partial charge in [0.15, 0.2) is 5.82 Å². The number of aromatic nitrogens is 3. The number of pyridine rings is 1. The van der Waals surface area contributed by atoms with E-state index in [9.17, 15) is 18.0 Å². The summed E-state index contributed by atoms with van der Waals surface area (Å²) < 4.78 is 39.4. The van der Waals surface area contributed by atoms with E-state index < -0.39 is 12.1 Å². The maximum absolute atomic E-state index is 13.7. The van der Waals surface area contributed by atoms with Crippen molar-refractivity contribution in [3.63, 3.8) is 0 Å². The van der Waals surface area contributed by atoms with E-state index in [0.29, 0.717) is 36.0 Å². The summed E-state index contributed by atoms with van der Waals surface area (Å²) in [4.78, 5) is 31.7. The number of aryl methyl sites for hydroxylation is 2. The largest absolute Gasteiger partial charge is 0.490 e. The second-order valence-electron chi connectivity index (χ2n) is 10.2. The molecule has 1 fully saturated rings. The van der Waals surface area contributed by atoms with E-state index in [4.69, 9.17) is 19.4 Å². The normalized spacial score (nSPS) is 18.2. The lowest BCUT2D eigenvalue weighted by molar-refractivity contribution is -0.192. The number of hydrogen-bond acceptors (Lipinski definition) is 6. The van der Waals surface area contributed by atoms with E-state index in [0.717, 1.165) is 37.3 Å². The van der Waals surface area contributed by atoms with Gasteiger partial charge in [0.05, 0.1) is 17.1 Å². The van der Waals surface area contributed by atoms with Crippen LogP contribution in [0.1, 0.15) is 61.1 Å². The fourth-order valence-electron chi connectivity index (χ4n) is 5.38. The summed E-state index contributed by atoms with van der Waals surface area (Å²) in [5.74, 6) is -0.584. The number of carboxylic acids is 1. The summed E-state index contributed by atoms with van der Waals surface area (Å²) in [6, 6.07) is 8.43. The van der Waals surface area contributed by atoms with Crippen molar-refractivity contribution in [2.45, 2.75) is 58.7 Å². The van der Waals surface area contributed by atoms with Gasteiger partial charge in [-0.05, 0) is 49.9 Å². The Morgan fingerprint density at radius 3 is 2.59 bits per heavy atom. The molecular formula is C27H32F3N5O4. The number of halogens is 3. The number of carbonyl (C=O) groups is 2. The number of anilines is 1. The number of amides is 1. The van der Waals surface area contributed by atoms with Crippen molar-refractivity contribution >= 4 is 17.6 Å². The van der Waals surface area contributed by atoms with E-state index in [2.05, 4.69) is 59.8 Å². The number of fused-ring (bicyclic) bond motifs is 4. The Labute approximate surface area is 224 Å². The van der Waals surface area contributed by atoms with E-state index in [1.54, 1.807) is 0 Å². The van der Waals surface area contributed by atoms with Crippen LogP contribution in [-0.2, 0) is 16.8 Å². The molecule has 1 atom stereocenters. The van der Waals surface area contributed by atoms with Crippen molar-refractivity contribution in [1.82, 2.24) is 19.6 Å². The summed E-state index contributed by atoms with van der Waals surface area (Å²) in [5, 5.41) is 11.2. The minimum absolute atomic E-state index is 0.0312. The summed E-state index contributed by atoms with van der Waals surface area (Å²) in [6.07, 6.45) is 1.37. The van der Waals surface area contributed by atoms with Crippen LogP contribution in [0.15, 0.2) is 41.2 Å². The fourth-order valence-corrected chi connectivity index (χ4v) is 5.38. The number of rotatable bonds is 5. The molecule has 12 heteroatoms. The molecule has 2 aliphatic heterocycles. The van der Waals surface area contributed by atoms with Crippen molar-refractivity contribution < 1.29 is 32.4 Å². The van der Waals surface area contributed by atoms with Crippen molar-refractivity contribution in [2.75, 3.05) is 24.5 Å². The third-order valence-corrected chi connectivity index (χ3v) is 6.98. The first-order chi connectivity index (χ1) is 18.4. The van der Waals surface area contributed by atoms with E-state index in [1.807, 2.05) is 24.1 Å². The fraction of sp³-hybridized carbons (Fsp3) is 0.481. The monoisotopic (exact) mass is 547 g/mol. The van der Waals surface area contributed by atoms with Crippen molar-refractivity contribution in [2.24, 2.45) is 5.92 Å². The standard InChI is InChI=1S/C25H31N5O2.C2HF3O2/c1-5-8-20-22(18(4)27-32-20)24(31)28-14-11-25(16-28)21-10-7-13-29(21)23-19(9-6-12-26-23)30(25)15-17(2)3;3-2(4,5)1(6)7/h6-7,9-10,12-13,17H,5,8,11,14-16H2,1-4H3;(H,6,7). The van der Waals surface area contributed by atoms with Crippen LogP contribution in [0.4, 0.5) is 18.9 Å². The lowest BCUT2D eigenvalue weighted by Crippen LogP contribution is -2.54. The molecule has 1 N–H and O–H groups in total. The van der Waals surface area contributed by atoms with Crippen LogP contribution in [0.3, 0.4) is 0 Å². The summed E-state index contributed by atoms with van der Waals surface area (Å²) >= 11 is 0. The second kappa shape index (κ2) is 10.7. The number of alkyl halides is 3. The van der Waals surface area contributed by atoms with Gasteiger partial charge in [0.1, 0.15) is 16.9 Å². The van der Waals surface area contributed by atoms with Gasteiger partial charge >= 0.3 is 12.1 Å². The molecule has 0 aromatic carbocycles. The third kappa shape index (κ3) is 5.24. The van der Waals surface area contributed by atoms with Crippen LogP contribution >= 0.6 is 0 Å². The van der Waals surface area contributed by atoms with Gasteiger partial charge in [-0.2, -0.15) is 13.2 Å². The molecule has 3 aromatic rings. The average molecular weight is 548 g/mol. The number of carboxylic acid groups (broad SMARTS) is 1. The molecule has 39 heavy (non-hydrogen) atoms. The highest BCUT2D eigenvalue weighted by Gasteiger charge is 2.51. The molecule has 210 valence electrons. The Kier molecular flexibility index (Phi) is 7.76. The molecule has 0 bridgehead atoms. The first-order valence-electron chi connectivity index (χ1n) is 12.9. The molecule has 3 aromatic heterocycles. The highest BCUT2D eigenvalue weighted by Crippen LogP contribution is 2.47. The number of hydrogen-bond donors (Lipinski definition) is 1. The van der Waals surface area contributed by atoms with E-state index >= 15 is 0 Å². The molecule has 1 amide bonds. The van der Waals surface area contributed by atoms with Crippen LogP contribution in [0.25, 0.3) is 5.82 Å². The molecule has 5 rings (SSSR count). The Hall–Kier alpha value is -3.83. The van der Waals surface area contributed by atoms with Gasteiger partial charge < -0.3 is 24.0 Å². The number of likely N-dealkylation sites (tertiary alicyclic amines) is 1. The quantitative estimate of drug-likeness (QED) is 0.481. The molecular weight excluding hydrogens is 515 g/mol. The van der Waals surface area contributed by atoms with Crippen molar-refractivity contribution in [3.05, 3.63) is 59.4 Å². The minimum Gasteiger partial charge on any atom is -0.475 e. The first-order valence-corrected chi connectivity index (χ1v) is 12.9. The molecule has 1 spiro atoms. The van der Waals surface area contributed by atoms with Gasteiger partial charge in [-0.1, -0.05) is 25.9 Å². The summed E-state index contributed by atoms with van der Waals surface area (Å²) in [7, 11) is 0. The van der Waals surface area contributed by atoms with Gasteiger partial charge in [-0.25, -0.2) is 9.78 Å². The minimum atomic E-state index is -5.08. The van der Waals surface area contributed by atoms with Gasteiger partial charge in [0.25, 0.3) is 5.91 Å². The molecule has 0 radical (unpaired) electrons. The van der Waals surface area contributed by atoms with Crippen LogP contribution in [0.2, 0.25) is 0 Å².